The van der Waals surface area contributed by atoms with Gasteiger partial charge >= 0.3 is 6.03 Å². The predicted molar refractivity (Wildman–Crippen MR) is 75.0 cm³/mol. The van der Waals surface area contributed by atoms with Crippen molar-refractivity contribution < 1.29 is 9.59 Å². The van der Waals surface area contributed by atoms with Crippen molar-refractivity contribution in [1.82, 2.24) is 20.5 Å². The molecule has 20 heavy (non-hydrogen) atoms. The molecule has 1 aromatic heterocycles. The van der Waals surface area contributed by atoms with Gasteiger partial charge in [0.15, 0.2) is 0 Å². The summed E-state index contributed by atoms with van der Waals surface area (Å²) in [6.07, 6.45) is 2.11. The number of carbonyl (C=O) groups is 2. The topological polar surface area (TPSA) is 74.3 Å². The van der Waals surface area contributed by atoms with Crippen molar-refractivity contribution in [3.63, 3.8) is 0 Å². The van der Waals surface area contributed by atoms with Crippen LogP contribution in [0.1, 0.15) is 24.2 Å². The Morgan fingerprint density at radius 3 is 2.70 bits per heavy atom. The lowest BCUT2D eigenvalue weighted by Gasteiger charge is -2.15. The maximum atomic E-state index is 11.7. The maximum Gasteiger partial charge on any atom is 0.315 e. The van der Waals surface area contributed by atoms with Crippen LogP contribution in [-0.2, 0) is 11.3 Å². The molecule has 0 saturated carbocycles. The molecule has 1 aromatic rings. The molecule has 0 aliphatic carbocycles. The zero-order valence-electron chi connectivity index (χ0n) is 11.7. The molecule has 1 fully saturated rings. The zero-order chi connectivity index (χ0) is 14.4. The number of hydrogen-bond acceptors (Lipinski definition) is 3. The molecule has 0 aromatic carbocycles. The average Bonchev–Trinajstić information content (AvgIpc) is 2.97. The summed E-state index contributed by atoms with van der Waals surface area (Å²) in [4.78, 5) is 29.4. The SMILES string of the molecule is Cc1cccc(CNC(=O)NCC(=O)N2CCCC2)n1. The summed E-state index contributed by atoms with van der Waals surface area (Å²) in [5.74, 6) is -0.0219. The Balaban J connectivity index is 1.69. The number of amides is 3. The number of aryl methyl sites for hydroxylation is 1. The molecule has 108 valence electrons. The molecule has 6 heteroatoms. The molecule has 1 aliphatic rings. The molecule has 3 amide bonds. The van der Waals surface area contributed by atoms with Gasteiger partial charge in [-0.2, -0.15) is 0 Å². The molecule has 0 bridgehead atoms. The van der Waals surface area contributed by atoms with E-state index in [1.807, 2.05) is 25.1 Å². The van der Waals surface area contributed by atoms with E-state index in [-0.39, 0.29) is 18.5 Å². The van der Waals surface area contributed by atoms with E-state index in [4.69, 9.17) is 0 Å². The summed E-state index contributed by atoms with van der Waals surface area (Å²) in [5, 5.41) is 5.26. The van der Waals surface area contributed by atoms with Gasteiger partial charge in [-0.15, -0.1) is 0 Å². The first-order valence-electron chi connectivity index (χ1n) is 6.87. The van der Waals surface area contributed by atoms with Crippen molar-refractivity contribution >= 4 is 11.9 Å². The first-order chi connectivity index (χ1) is 9.65. The Hall–Kier alpha value is -2.11. The number of pyridine rings is 1. The van der Waals surface area contributed by atoms with Gasteiger partial charge in [-0.3, -0.25) is 9.78 Å². The number of aromatic nitrogens is 1. The quantitative estimate of drug-likeness (QED) is 0.854. The van der Waals surface area contributed by atoms with Gasteiger partial charge in [-0.05, 0) is 31.9 Å². The Labute approximate surface area is 118 Å². The minimum absolute atomic E-state index is 0.0219. The van der Waals surface area contributed by atoms with Gasteiger partial charge in [-0.1, -0.05) is 6.07 Å². The summed E-state index contributed by atoms with van der Waals surface area (Å²) >= 11 is 0. The molecule has 1 aliphatic heterocycles. The maximum absolute atomic E-state index is 11.7. The van der Waals surface area contributed by atoms with Crippen LogP contribution in [-0.4, -0.2) is 41.5 Å². The number of nitrogens with zero attached hydrogens (tertiary/aromatic N) is 2. The van der Waals surface area contributed by atoms with E-state index in [1.54, 1.807) is 4.90 Å². The number of carbonyl (C=O) groups excluding carboxylic acids is 2. The van der Waals surface area contributed by atoms with Crippen molar-refractivity contribution in [3.05, 3.63) is 29.6 Å². The van der Waals surface area contributed by atoms with Gasteiger partial charge in [0.05, 0.1) is 18.8 Å². The van der Waals surface area contributed by atoms with Gasteiger partial charge in [0.1, 0.15) is 0 Å². The highest BCUT2D eigenvalue weighted by molar-refractivity contribution is 5.84. The molecule has 2 rings (SSSR count). The van der Waals surface area contributed by atoms with Crippen LogP contribution in [0.15, 0.2) is 18.2 Å². The lowest BCUT2D eigenvalue weighted by molar-refractivity contribution is -0.128. The van der Waals surface area contributed by atoms with Crippen LogP contribution in [0.2, 0.25) is 0 Å². The summed E-state index contributed by atoms with van der Waals surface area (Å²) < 4.78 is 0. The summed E-state index contributed by atoms with van der Waals surface area (Å²) in [6.45, 7) is 3.90. The molecule has 1 saturated heterocycles. The highest BCUT2D eigenvalue weighted by Gasteiger charge is 2.17. The monoisotopic (exact) mass is 276 g/mol. The fraction of sp³-hybridized carbons (Fsp3) is 0.500. The van der Waals surface area contributed by atoms with Gasteiger partial charge < -0.3 is 15.5 Å². The summed E-state index contributed by atoms with van der Waals surface area (Å²) in [5.41, 5.74) is 1.71. The van der Waals surface area contributed by atoms with E-state index in [9.17, 15) is 9.59 Å². The second-order valence-corrected chi connectivity index (χ2v) is 4.89. The third-order valence-corrected chi connectivity index (χ3v) is 3.24. The van der Waals surface area contributed by atoms with Gasteiger partial charge in [0, 0.05) is 18.8 Å². The van der Waals surface area contributed by atoms with E-state index < -0.39 is 0 Å². The number of rotatable bonds is 4. The fourth-order valence-corrected chi connectivity index (χ4v) is 2.17. The Morgan fingerprint density at radius 1 is 1.25 bits per heavy atom. The molecule has 6 nitrogen and oxygen atoms in total. The van der Waals surface area contributed by atoms with Crippen LogP contribution in [0, 0.1) is 6.92 Å². The smallest absolute Gasteiger partial charge is 0.315 e. The van der Waals surface area contributed by atoms with E-state index in [0.717, 1.165) is 37.3 Å². The second-order valence-electron chi connectivity index (χ2n) is 4.89. The van der Waals surface area contributed by atoms with Crippen LogP contribution in [0.3, 0.4) is 0 Å². The molecule has 0 unspecified atom stereocenters. The van der Waals surface area contributed by atoms with Crippen LogP contribution in [0.25, 0.3) is 0 Å². The predicted octanol–water partition coefficient (Wildman–Crippen LogP) is 0.812. The van der Waals surface area contributed by atoms with E-state index in [2.05, 4.69) is 15.6 Å². The highest BCUT2D eigenvalue weighted by atomic mass is 16.2. The molecule has 0 spiro atoms. The number of urea groups is 1. The third-order valence-electron chi connectivity index (χ3n) is 3.24. The van der Waals surface area contributed by atoms with Crippen LogP contribution in [0.4, 0.5) is 4.79 Å². The molecule has 2 N–H and O–H groups in total. The van der Waals surface area contributed by atoms with Gasteiger partial charge in [-0.25, -0.2) is 4.79 Å². The molecular weight excluding hydrogens is 256 g/mol. The molecule has 0 radical (unpaired) electrons. The standard InChI is InChI=1S/C14H20N4O2/c1-11-5-4-6-12(17-11)9-15-14(20)16-10-13(19)18-7-2-3-8-18/h4-6H,2-3,7-10H2,1H3,(H2,15,16,20). The minimum atomic E-state index is -0.346. The van der Waals surface area contributed by atoms with Crippen LogP contribution < -0.4 is 10.6 Å². The summed E-state index contributed by atoms with van der Waals surface area (Å²) in [7, 11) is 0. The van der Waals surface area contributed by atoms with Crippen molar-refractivity contribution in [3.8, 4) is 0 Å². The second kappa shape index (κ2) is 6.88. The average molecular weight is 276 g/mol. The third kappa shape index (κ3) is 4.22. The number of hydrogen-bond donors (Lipinski definition) is 2. The molecule has 0 atom stereocenters. The highest BCUT2D eigenvalue weighted by Crippen LogP contribution is 2.06. The first kappa shape index (κ1) is 14.3. The van der Waals surface area contributed by atoms with Gasteiger partial charge in [0.2, 0.25) is 5.91 Å². The van der Waals surface area contributed by atoms with Crippen LogP contribution in [0.5, 0.6) is 0 Å². The summed E-state index contributed by atoms with van der Waals surface area (Å²) in [6, 6.07) is 5.30. The van der Waals surface area contributed by atoms with Gasteiger partial charge in [0.25, 0.3) is 0 Å². The minimum Gasteiger partial charge on any atom is -0.341 e. The lowest BCUT2D eigenvalue weighted by atomic mass is 10.3. The normalized spacial score (nSPS) is 14.2. The van der Waals surface area contributed by atoms with Crippen molar-refractivity contribution in [2.75, 3.05) is 19.6 Å². The fourth-order valence-electron chi connectivity index (χ4n) is 2.17. The lowest BCUT2D eigenvalue weighted by Crippen LogP contribution is -2.42. The van der Waals surface area contributed by atoms with Crippen molar-refractivity contribution in [2.45, 2.75) is 26.3 Å². The van der Waals surface area contributed by atoms with E-state index >= 15 is 0 Å². The zero-order valence-corrected chi connectivity index (χ0v) is 11.7. The largest absolute Gasteiger partial charge is 0.341 e. The molecular formula is C14H20N4O2. The number of nitrogens with one attached hydrogen (secondary N) is 2. The Morgan fingerprint density at radius 2 is 2.00 bits per heavy atom. The Kier molecular flexibility index (Phi) is 4.92. The van der Waals surface area contributed by atoms with Crippen molar-refractivity contribution in [2.24, 2.45) is 0 Å². The molecule has 2 heterocycles. The first-order valence-corrected chi connectivity index (χ1v) is 6.87. The number of likely N-dealkylation sites (tertiary alicyclic amines) is 1. The Bertz CT molecular complexity index is 484. The van der Waals surface area contributed by atoms with Crippen molar-refractivity contribution in [1.29, 1.82) is 0 Å². The van der Waals surface area contributed by atoms with Crippen LogP contribution >= 0.6 is 0 Å². The van der Waals surface area contributed by atoms with E-state index in [1.165, 1.54) is 0 Å². The van der Waals surface area contributed by atoms with E-state index in [0.29, 0.717) is 6.54 Å².